The topological polar surface area (TPSA) is 67.9 Å². The van der Waals surface area contributed by atoms with Crippen molar-refractivity contribution in [1.82, 2.24) is 10.4 Å². The Morgan fingerprint density at radius 3 is 2.61 bits per heavy atom. The molecule has 2 amide bonds. The molecule has 1 N–H and O–H groups in total. The third-order valence-electron chi connectivity index (χ3n) is 3.85. The zero-order chi connectivity index (χ0) is 20.3. The fourth-order valence-electron chi connectivity index (χ4n) is 2.54. The Kier molecular flexibility index (Phi) is 6.23. The van der Waals surface area contributed by atoms with Crippen LogP contribution in [0.2, 0.25) is 5.02 Å². The van der Waals surface area contributed by atoms with Gasteiger partial charge in [-0.15, -0.1) is 0 Å². The quantitative estimate of drug-likeness (QED) is 0.568. The van der Waals surface area contributed by atoms with Crippen molar-refractivity contribution >= 4 is 57.8 Å². The maximum Gasteiger partial charge on any atom is 0.285 e. The number of para-hydroxylation sites is 1. The molecule has 0 atom stereocenters. The van der Waals surface area contributed by atoms with Gasteiger partial charge in [0.1, 0.15) is 0 Å². The summed E-state index contributed by atoms with van der Waals surface area (Å²) in [6.45, 7) is 0. The maximum atomic E-state index is 12.8. The summed E-state index contributed by atoms with van der Waals surface area (Å²) in [5.74, 6) is 0.0662. The highest BCUT2D eigenvalue weighted by molar-refractivity contribution is 8.26. The lowest BCUT2D eigenvalue weighted by Crippen LogP contribution is -2.44. The van der Waals surface area contributed by atoms with Crippen LogP contribution in [0.1, 0.15) is 15.9 Å². The number of hydrogen-bond acceptors (Lipinski definition) is 6. The Labute approximate surface area is 176 Å². The smallest absolute Gasteiger partial charge is 0.285 e. The summed E-state index contributed by atoms with van der Waals surface area (Å²) in [5.41, 5.74) is 3.40. The number of carbonyl (C=O) groups excluding carboxylic acids is 2. The lowest BCUT2D eigenvalue weighted by molar-refractivity contribution is -0.123. The van der Waals surface area contributed by atoms with Crippen molar-refractivity contribution in [2.75, 3.05) is 14.2 Å². The molecule has 0 aromatic heterocycles. The first-order valence-electron chi connectivity index (χ1n) is 8.00. The van der Waals surface area contributed by atoms with Gasteiger partial charge in [0.25, 0.3) is 11.8 Å². The van der Waals surface area contributed by atoms with E-state index in [9.17, 15) is 9.59 Å². The molecule has 2 aromatic carbocycles. The molecule has 1 aliphatic heterocycles. The normalized spacial score (nSPS) is 15.1. The number of halogens is 1. The number of methoxy groups -OCH3 is 2. The van der Waals surface area contributed by atoms with Crippen LogP contribution in [-0.2, 0) is 4.79 Å². The second-order valence-electron chi connectivity index (χ2n) is 5.52. The van der Waals surface area contributed by atoms with Gasteiger partial charge in [0.15, 0.2) is 15.8 Å². The molecule has 144 valence electrons. The molecule has 0 aliphatic carbocycles. The van der Waals surface area contributed by atoms with E-state index in [1.165, 1.54) is 14.2 Å². The zero-order valence-electron chi connectivity index (χ0n) is 14.9. The summed E-state index contributed by atoms with van der Waals surface area (Å²) >= 11 is 12.4. The summed E-state index contributed by atoms with van der Waals surface area (Å²) in [5, 5.41) is 1.31. The van der Waals surface area contributed by atoms with E-state index < -0.39 is 11.8 Å². The van der Waals surface area contributed by atoms with Crippen molar-refractivity contribution in [3.63, 3.8) is 0 Å². The van der Waals surface area contributed by atoms with E-state index in [0.717, 1.165) is 16.8 Å². The number of rotatable bonds is 5. The first-order valence-corrected chi connectivity index (χ1v) is 9.61. The number of carbonyl (C=O) groups is 2. The number of nitrogens with one attached hydrogen (secondary N) is 1. The van der Waals surface area contributed by atoms with Gasteiger partial charge >= 0.3 is 0 Å². The van der Waals surface area contributed by atoms with Crippen molar-refractivity contribution < 1.29 is 19.1 Å². The van der Waals surface area contributed by atoms with Gasteiger partial charge in [-0.1, -0.05) is 47.6 Å². The number of nitrogens with zero attached hydrogens (tertiary/aromatic N) is 1. The molecule has 1 saturated heterocycles. The summed E-state index contributed by atoms with van der Waals surface area (Å²) in [6.07, 6.45) is 1.64. The molecular formula is C19H15ClN2O4S2. The number of hydrazine groups is 1. The van der Waals surface area contributed by atoms with E-state index in [4.69, 9.17) is 33.3 Å². The van der Waals surface area contributed by atoms with Gasteiger partial charge in [-0.3, -0.25) is 15.0 Å². The average molecular weight is 435 g/mol. The molecule has 6 nitrogen and oxygen atoms in total. The monoisotopic (exact) mass is 434 g/mol. The molecule has 3 rings (SSSR count). The molecule has 2 aromatic rings. The Morgan fingerprint density at radius 2 is 1.93 bits per heavy atom. The number of ether oxygens (including phenoxy) is 2. The van der Waals surface area contributed by atoms with Crippen LogP contribution in [0.4, 0.5) is 0 Å². The third kappa shape index (κ3) is 3.99. The lowest BCUT2D eigenvalue weighted by Gasteiger charge is -2.16. The summed E-state index contributed by atoms with van der Waals surface area (Å²) in [4.78, 5) is 25.5. The molecular weight excluding hydrogens is 420 g/mol. The van der Waals surface area contributed by atoms with Crippen LogP contribution in [0, 0.1) is 0 Å². The minimum Gasteiger partial charge on any atom is -0.493 e. The third-order valence-corrected chi connectivity index (χ3v) is 5.48. The highest BCUT2D eigenvalue weighted by atomic mass is 35.5. The highest BCUT2D eigenvalue weighted by Gasteiger charge is 2.34. The number of amides is 2. The van der Waals surface area contributed by atoms with Crippen LogP contribution in [0.15, 0.2) is 47.4 Å². The standard InChI is InChI=1S/C19H15ClN2O4S2/c1-25-14-9-5-6-11(16(14)26-2)10-15-18(24)22(19(27)28-15)21-17(23)12-7-3-4-8-13(12)20/h3-10H,1-2H3,(H,21,23)/b15-10-. The molecule has 0 radical (unpaired) electrons. The van der Waals surface area contributed by atoms with Crippen LogP contribution in [0.3, 0.4) is 0 Å². The Hall–Kier alpha value is -2.55. The van der Waals surface area contributed by atoms with Crippen LogP contribution in [0.5, 0.6) is 11.5 Å². The Bertz CT molecular complexity index is 994. The van der Waals surface area contributed by atoms with Crippen molar-refractivity contribution in [3.05, 3.63) is 63.5 Å². The predicted molar refractivity (Wildman–Crippen MR) is 113 cm³/mol. The van der Waals surface area contributed by atoms with Gasteiger partial charge in [0.05, 0.1) is 29.7 Å². The summed E-state index contributed by atoms with van der Waals surface area (Å²) < 4.78 is 10.9. The van der Waals surface area contributed by atoms with Crippen LogP contribution >= 0.6 is 35.6 Å². The molecule has 1 aliphatic rings. The first kappa shape index (κ1) is 20.2. The predicted octanol–water partition coefficient (Wildman–Crippen LogP) is 3.90. The van der Waals surface area contributed by atoms with Crippen LogP contribution in [-0.4, -0.2) is 35.4 Å². The second-order valence-corrected chi connectivity index (χ2v) is 7.60. The second kappa shape index (κ2) is 8.64. The highest BCUT2D eigenvalue weighted by Crippen LogP contribution is 2.36. The number of benzene rings is 2. The minimum absolute atomic E-state index is 0.207. The zero-order valence-corrected chi connectivity index (χ0v) is 17.3. The van der Waals surface area contributed by atoms with Gasteiger partial charge in [-0.2, -0.15) is 5.01 Å². The van der Waals surface area contributed by atoms with E-state index in [2.05, 4.69) is 5.43 Å². The van der Waals surface area contributed by atoms with Crippen LogP contribution < -0.4 is 14.9 Å². The Balaban J connectivity index is 1.85. The fourth-order valence-corrected chi connectivity index (χ4v) is 3.93. The number of hydrogen-bond donors (Lipinski definition) is 1. The first-order chi connectivity index (χ1) is 13.5. The van der Waals surface area contributed by atoms with Crippen LogP contribution in [0.25, 0.3) is 6.08 Å². The fraction of sp³-hybridized carbons (Fsp3) is 0.105. The SMILES string of the molecule is COc1cccc(/C=C2\SC(=S)N(NC(=O)c3ccccc3Cl)C2=O)c1OC. The largest absolute Gasteiger partial charge is 0.493 e. The molecule has 1 fully saturated rings. The van der Waals surface area contributed by atoms with E-state index in [-0.39, 0.29) is 14.9 Å². The molecule has 0 saturated carbocycles. The summed E-state index contributed by atoms with van der Waals surface area (Å²) in [7, 11) is 3.05. The Morgan fingerprint density at radius 1 is 1.18 bits per heavy atom. The number of thioether (sulfide) groups is 1. The van der Waals surface area contributed by atoms with Gasteiger partial charge < -0.3 is 9.47 Å². The van der Waals surface area contributed by atoms with Crippen molar-refractivity contribution in [2.45, 2.75) is 0 Å². The minimum atomic E-state index is -0.526. The average Bonchev–Trinajstić information content (AvgIpc) is 2.95. The molecule has 0 bridgehead atoms. The van der Waals surface area contributed by atoms with Crippen molar-refractivity contribution in [3.8, 4) is 11.5 Å². The summed E-state index contributed by atoms with van der Waals surface area (Å²) in [6, 6.07) is 11.9. The maximum absolute atomic E-state index is 12.8. The molecule has 0 unspecified atom stereocenters. The number of thiocarbonyl (C=S) groups is 1. The molecule has 1 heterocycles. The van der Waals surface area contributed by atoms with E-state index >= 15 is 0 Å². The van der Waals surface area contributed by atoms with E-state index in [1.807, 2.05) is 0 Å². The van der Waals surface area contributed by atoms with Gasteiger partial charge in [-0.05, 0) is 36.5 Å². The van der Waals surface area contributed by atoms with Crippen molar-refractivity contribution in [2.24, 2.45) is 0 Å². The van der Waals surface area contributed by atoms with Gasteiger partial charge in [0, 0.05) is 5.56 Å². The van der Waals surface area contributed by atoms with Crippen molar-refractivity contribution in [1.29, 1.82) is 0 Å². The molecule has 0 spiro atoms. The van der Waals surface area contributed by atoms with E-state index in [1.54, 1.807) is 48.5 Å². The molecule has 9 heteroatoms. The van der Waals surface area contributed by atoms with E-state index in [0.29, 0.717) is 22.0 Å². The van der Waals surface area contributed by atoms with Gasteiger partial charge in [-0.25, -0.2) is 0 Å². The molecule has 28 heavy (non-hydrogen) atoms. The van der Waals surface area contributed by atoms with Gasteiger partial charge in [0.2, 0.25) is 0 Å². The lowest BCUT2D eigenvalue weighted by atomic mass is 10.1.